The van der Waals surface area contributed by atoms with Crippen molar-refractivity contribution >= 4 is 23.7 Å². The number of aryl methyl sites for hydroxylation is 1. The summed E-state index contributed by atoms with van der Waals surface area (Å²) in [6.07, 6.45) is -3.65. The number of benzene rings is 1. The molecule has 13 heteroatoms. The molecule has 1 aromatic heterocycles. The number of piperidine rings is 1. The Morgan fingerprint density at radius 1 is 1.12 bits per heavy atom. The molecule has 2 saturated heterocycles. The van der Waals surface area contributed by atoms with Gasteiger partial charge in [-0.05, 0) is 44.4 Å². The summed E-state index contributed by atoms with van der Waals surface area (Å²) in [5.74, 6) is -3.03. The summed E-state index contributed by atoms with van der Waals surface area (Å²) in [4.78, 5) is 54.2. The summed E-state index contributed by atoms with van der Waals surface area (Å²) in [6.45, 7) is 4.04. The van der Waals surface area contributed by atoms with E-state index in [1.54, 1.807) is 29.2 Å². The first kappa shape index (κ1) is 29.8. The molecule has 0 saturated carbocycles. The quantitative estimate of drug-likeness (QED) is 0.463. The third-order valence-corrected chi connectivity index (χ3v) is 6.94. The van der Waals surface area contributed by atoms with Gasteiger partial charge in [-0.3, -0.25) is 19.2 Å². The number of alkyl halides is 3. The molecule has 0 aliphatic carbocycles. The molecule has 0 unspecified atom stereocenters. The number of nitrogens with one attached hydrogen (secondary N) is 2. The maximum atomic E-state index is 12.9. The van der Waals surface area contributed by atoms with Gasteiger partial charge in [0, 0.05) is 32.0 Å². The molecule has 2 aliphatic heterocycles. The fourth-order valence-electron chi connectivity index (χ4n) is 4.77. The van der Waals surface area contributed by atoms with Crippen LogP contribution in [0.25, 0.3) is 0 Å². The molecule has 10 nitrogen and oxygen atoms in total. The predicted octanol–water partition coefficient (Wildman–Crippen LogP) is 3.00. The minimum atomic E-state index is -5.05. The maximum absolute atomic E-state index is 12.9. The molecule has 41 heavy (non-hydrogen) atoms. The lowest BCUT2D eigenvalue weighted by Crippen LogP contribution is -2.52. The standard InChI is InChI=1S/C28H31F3N4O6/c1-16-5-7-18(8-6-16)24(17(2)33-27(39)28(29,30)31)40-20-9-10-21(32-14-20)25(37)34-19-4-3-13-35(15-19)26(38)22-11-12-23(36)41-22/h5-10,14,17,19,22,24H,3-4,11-13,15H2,1-2H3,(H,33,39)(H,34,37)/t17-,19-,22-,24-/m0/s1. The van der Waals surface area contributed by atoms with Gasteiger partial charge in [0.05, 0.1) is 12.2 Å². The average molecular weight is 577 g/mol. The number of rotatable bonds is 8. The molecule has 3 heterocycles. The zero-order valence-corrected chi connectivity index (χ0v) is 22.6. The molecule has 2 fully saturated rings. The van der Waals surface area contributed by atoms with Gasteiger partial charge in [0.1, 0.15) is 17.5 Å². The van der Waals surface area contributed by atoms with E-state index in [2.05, 4.69) is 10.3 Å². The molecule has 3 amide bonds. The second-order valence-electron chi connectivity index (χ2n) is 10.2. The fourth-order valence-corrected chi connectivity index (χ4v) is 4.77. The Labute approximate surface area is 234 Å². The van der Waals surface area contributed by atoms with E-state index in [9.17, 15) is 32.3 Å². The van der Waals surface area contributed by atoms with E-state index < -0.39 is 42.2 Å². The Bertz CT molecular complexity index is 1270. The van der Waals surface area contributed by atoms with Gasteiger partial charge in [-0.1, -0.05) is 29.8 Å². The monoisotopic (exact) mass is 576 g/mol. The number of cyclic esters (lactones) is 1. The second-order valence-corrected chi connectivity index (χ2v) is 10.2. The zero-order chi connectivity index (χ0) is 29.7. The van der Waals surface area contributed by atoms with Crippen molar-refractivity contribution in [2.45, 2.75) is 70.0 Å². The lowest BCUT2D eigenvalue weighted by atomic mass is 10.0. The van der Waals surface area contributed by atoms with E-state index >= 15 is 0 Å². The first-order valence-electron chi connectivity index (χ1n) is 13.3. The lowest BCUT2D eigenvalue weighted by Gasteiger charge is -2.34. The van der Waals surface area contributed by atoms with E-state index in [1.165, 1.54) is 25.3 Å². The Hall–Kier alpha value is -4.16. The minimum Gasteiger partial charge on any atom is -0.482 e. The Morgan fingerprint density at radius 2 is 1.85 bits per heavy atom. The molecule has 0 bridgehead atoms. The van der Waals surface area contributed by atoms with Crippen molar-refractivity contribution in [1.29, 1.82) is 0 Å². The van der Waals surface area contributed by atoms with Crippen LogP contribution in [0.2, 0.25) is 0 Å². The number of carbonyl (C=O) groups excluding carboxylic acids is 4. The minimum absolute atomic E-state index is 0.0795. The number of hydrogen-bond acceptors (Lipinski definition) is 7. The number of pyridine rings is 1. The van der Waals surface area contributed by atoms with Crippen molar-refractivity contribution in [3.8, 4) is 5.75 Å². The van der Waals surface area contributed by atoms with Gasteiger partial charge in [0.15, 0.2) is 6.10 Å². The van der Waals surface area contributed by atoms with Crippen molar-refractivity contribution < 1.29 is 41.8 Å². The van der Waals surface area contributed by atoms with Crippen molar-refractivity contribution in [2.24, 2.45) is 0 Å². The molecule has 1 aromatic carbocycles. The van der Waals surface area contributed by atoms with Gasteiger partial charge in [0.25, 0.3) is 11.8 Å². The van der Waals surface area contributed by atoms with Gasteiger partial charge in [-0.25, -0.2) is 4.98 Å². The summed E-state index contributed by atoms with van der Waals surface area (Å²) in [5.41, 5.74) is 1.55. The first-order chi connectivity index (χ1) is 19.4. The first-order valence-corrected chi connectivity index (χ1v) is 13.3. The molecule has 2 aliphatic rings. The number of carbonyl (C=O) groups is 4. The van der Waals surface area contributed by atoms with Gasteiger partial charge < -0.3 is 25.0 Å². The Morgan fingerprint density at radius 3 is 2.46 bits per heavy atom. The van der Waals surface area contributed by atoms with Crippen LogP contribution in [0.1, 0.15) is 60.3 Å². The molecular formula is C28H31F3N4O6. The van der Waals surface area contributed by atoms with Crippen molar-refractivity contribution in [3.05, 3.63) is 59.4 Å². The SMILES string of the molecule is Cc1ccc([C@@H](Oc2ccc(C(=O)N[C@H]3CCCN(C(=O)[C@@H]4CCC(=O)O4)C3)nc2)[C@H](C)NC(=O)C(F)(F)F)cc1. The van der Waals surface area contributed by atoms with Gasteiger partial charge in [-0.2, -0.15) is 13.2 Å². The largest absolute Gasteiger partial charge is 0.482 e. The highest BCUT2D eigenvalue weighted by Crippen LogP contribution is 2.27. The summed E-state index contributed by atoms with van der Waals surface area (Å²) in [6, 6.07) is 8.44. The van der Waals surface area contributed by atoms with E-state index in [0.717, 1.165) is 5.56 Å². The summed E-state index contributed by atoms with van der Waals surface area (Å²) in [5, 5.41) is 4.80. The van der Waals surface area contributed by atoms with Crippen molar-refractivity contribution in [3.63, 3.8) is 0 Å². The van der Waals surface area contributed by atoms with E-state index in [-0.39, 0.29) is 36.4 Å². The summed E-state index contributed by atoms with van der Waals surface area (Å²) >= 11 is 0. The Balaban J connectivity index is 1.39. The number of halogens is 3. The van der Waals surface area contributed by atoms with E-state index in [1.807, 2.05) is 12.2 Å². The highest BCUT2D eigenvalue weighted by Gasteiger charge is 2.40. The predicted molar refractivity (Wildman–Crippen MR) is 139 cm³/mol. The maximum Gasteiger partial charge on any atom is 0.471 e. The number of amides is 3. The van der Waals surface area contributed by atoms with Crippen LogP contribution < -0.4 is 15.4 Å². The highest BCUT2D eigenvalue weighted by atomic mass is 19.4. The van der Waals surface area contributed by atoms with Crippen LogP contribution in [-0.2, 0) is 19.1 Å². The topological polar surface area (TPSA) is 127 Å². The molecule has 2 aromatic rings. The van der Waals surface area contributed by atoms with Crippen LogP contribution in [0.5, 0.6) is 5.75 Å². The molecular weight excluding hydrogens is 545 g/mol. The van der Waals surface area contributed by atoms with Gasteiger partial charge in [-0.15, -0.1) is 0 Å². The normalized spacial score (nSPS) is 20.5. The smallest absolute Gasteiger partial charge is 0.471 e. The molecule has 4 atom stereocenters. The average Bonchev–Trinajstić information content (AvgIpc) is 3.38. The number of nitrogens with zero attached hydrogens (tertiary/aromatic N) is 2. The molecule has 4 rings (SSSR count). The number of esters is 1. The van der Waals surface area contributed by atoms with Crippen LogP contribution in [0.3, 0.4) is 0 Å². The third-order valence-electron chi connectivity index (χ3n) is 6.94. The Kier molecular flexibility index (Phi) is 9.14. The van der Waals surface area contributed by atoms with Crippen molar-refractivity contribution in [2.75, 3.05) is 13.1 Å². The van der Waals surface area contributed by atoms with Gasteiger partial charge >= 0.3 is 18.1 Å². The van der Waals surface area contributed by atoms with Crippen LogP contribution in [-0.4, -0.2) is 71.0 Å². The number of ether oxygens (including phenoxy) is 2. The molecule has 0 radical (unpaired) electrons. The highest BCUT2D eigenvalue weighted by molar-refractivity contribution is 5.92. The van der Waals surface area contributed by atoms with Crippen LogP contribution in [0, 0.1) is 6.92 Å². The number of aromatic nitrogens is 1. The van der Waals surface area contributed by atoms with E-state index in [4.69, 9.17) is 9.47 Å². The molecule has 0 spiro atoms. The van der Waals surface area contributed by atoms with Crippen LogP contribution in [0.4, 0.5) is 13.2 Å². The van der Waals surface area contributed by atoms with Crippen LogP contribution in [0.15, 0.2) is 42.6 Å². The zero-order valence-electron chi connectivity index (χ0n) is 22.6. The molecule has 220 valence electrons. The summed E-state index contributed by atoms with van der Waals surface area (Å²) < 4.78 is 49.6. The van der Waals surface area contributed by atoms with E-state index in [0.29, 0.717) is 31.4 Å². The van der Waals surface area contributed by atoms with Gasteiger partial charge in [0.2, 0.25) is 0 Å². The summed E-state index contributed by atoms with van der Waals surface area (Å²) in [7, 11) is 0. The number of hydrogen-bond donors (Lipinski definition) is 2. The second kappa shape index (κ2) is 12.6. The lowest BCUT2D eigenvalue weighted by molar-refractivity contribution is -0.174. The number of likely N-dealkylation sites (tertiary alicyclic amines) is 1. The van der Waals surface area contributed by atoms with Crippen molar-refractivity contribution in [1.82, 2.24) is 20.5 Å². The third kappa shape index (κ3) is 7.74. The van der Waals surface area contributed by atoms with Crippen LogP contribution >= 0.6 is 0 Å². The fraction of sp³-hybridized carbons (Fsp3) is 0.464. The molecule has 2 N–H and O–H groups in total.